The van der Waals surface area contributed by atoms with Crippen LogP contribution in [0.1, 0.15) is 10.4 Å². The molecule has 2 aromatic rings. The van der Waals surface area contributed by atoms with Crippen molar-refractivity contribution in [3.63, 3.8) is 0 Å². The number of aliphatic imine (C=N–C) groups is 1. The first-order valence-electron chi connectivity index (χ1n) is 7.57. The van der Waals surface area contributed by atoms with Gasteiger partial charge >= 0.3 is 11.9 Å². The lowest BCUT2D eigenvalue weighted by Crippen LogP contribution is -2.14. The van der Waals surface area contributed by atoms with E-state index in [1.807, 2.05) is 0 Å². The molecule has 2 N–H and O–H groups in total. The van der Waals surface area contributed by atoms with E-state index >= 15 is 0 Å². The smallest absolute Gasteiger partial charge is 0.357 e. The van der Waals surface area contributed by atoms with E-state index in [-0.39, 0.29) is 15.5 Å². The Bertz CT molecular complexity index is 1060. The fourth-order valence-corrected chi connectivity index (χ4v) is 3.82. The maximum absolute atomic E-state index is 12.2. The summed E-state index contributed by atoms with van der Waals surface area (Å²) in [6, 6.07) is 5.13. The van der Waals surface area contributed by atoms with Gasteiger partial charge in [0.15, 0.2) is 9.67 Å². The molecule has 0 radical (unpaired) electrons. The van der Waals surface area contributed by atoms with Crippen molar-refractivity contribution in [1.82, 2.24) is 4.57 Å². The summed E-state index contributed by atoms with van der Waals surface area (Å²) in [5.41, 5.74) is 1.67. The lowest BCUT2D eigenvalue weighted by molar-refractivity contribution is -0.137. The molecule has 8 nitrogen and oxygen atoms in total. The zero-order valence-electron chi connectivity index (χ0n) is 14.3. The maximum atomic E-state index is 12.2. The van der Waals surface area contributed by atoms with Gasteiger partial charge in [-0.1, -0.05) is 0 Å². The van der Waals surface area contributed by atoms with Crippen LogP contribution in [0.3, 0.4) is 0 Å². The van der Waals surface area contributed by atoms with Crippen molar-refractivity contribution < 1.29 is 29.3 Å². The molecule has 0 saturated carbocycles. The van der Waals surface area contributed by atoms with Gasteiger partial charge in [-0.25, -0.2) is 9.79 Å². The van der Waals surface area contributed by atoms with E-state index in [9.17, 15) is 14.7 Å². The van der Waals surface area contributed by atoms with E-state index in [1.54, 1.807) is 18.2 Å². The van der Waals surface area contributed by atoms with E-state index in [0.717, 1.165) is 15.9 Å². The third kappa shape index (κ3) is 3.49. The minimum Gasteiger partial charge on any atom is -0.497 e. The Morgan fingerprint density at radius 2 is 2.11 bits per heavy atom. The molecule has 27 heavy (non-hydrogen) atoms. The molecule has 1 aromatic heterocycles. The number of aromatic nitrogens is 1. The van der Waals surface area contributed by atoms with Crippen molar-refractivity contribution in [1.29, 1.82) is 0 Å². The van der Waals surface area contributed by atoms with Crippen molar-refractivity contribution in [2.75, 3.05) is 14.2 Å². The monoisotopic (exact) mass is 406 g/mol. The summed E-state index contributed by atoms with van der Waals surface area (Å²) in [7, 11) is 2.77. The van der Waals surface area contributed by atoms with Crippen molar-refractivity contribution in [3.8, 4) is 11.6 Å². The van der Waals surface area contributed by atoms with E-state index in [1.165, 1.54) is 20.3 Å². The number of aromatic hydroxyl groups is 1. The molecule has 0 saturated heterocycles. The number of carbonyl (C=O) groups excluding carboxylic acids is 1. The summed E-state index contributed by atoms with van der Waals surface area (Å²) < 4.78 is 11.3. The van der Waals surface area contributed by atoms with Crippen LogP contribution in [0.4, 0.5) is 5.69 Å². The predicted octanol–water partition coefficient (Wildman–Crippen LogP) is 2.88. The van der Waals surface area contributed by atoms with Crippen LogP contribution in [-0.4, -0.2) is 46.7 Å². The molecular weight excluding hydrogens is 392 g/mol. The number of nitrogens with zero attached hydrogens (tertiary/aromatic N) is 2. The van der Waals surface area contributed by atoms with Crippen LogP contribution in [0.5, 0.6) is 11.6 Å². The first-order valence-corrected chi connectivity index (χ1v) is 8.80. The summed E-state index contributed by atoms with van der Waals surface area (Å²) >= 11 is 6.15. The van der Waals surface area contributed by atoms with Gasteiger partial charge in [-0.3, -0.25) is 9.36 Å². The summed E-state index contributed by atoms with van der Waals surface area (Å²) in [5, 5.41) is 19.3. The van der Waals surface area contributed by atoms with Crippen LogP contribution in [0.15, 0.2) is 23.2 Å². The topological polar surface area (TPSA) is 110 Å². The van der Waals surface area contributed by atoms with Gasteiger partial charge in [0.2, 0.25) is 5.88 Å². The van der Waals surface area contributed by atoms with Crippen LogP contribution < -0.4 is 4.74 Å². The summed E-state index contributed by atoms with van der Waals surface area (Å²) in [4.78, 5) is 27.7. The number of fused-ring (bicyclic) bond motifs is 1. The van der Waals surface area contributed by atoms with Crippen LogP contribution in [0.25, 0.3) is 11.6 Å². The van der Waals surface area contributed by atoms with Gasteiger partial charge in [-0.05, 0) is 36.5 Å². The number of hydrogen-bond donors (Lipinski definition) is 2. The Morgan fingerprint density at radius 3 is 2.74 bits per heavy atom. The van der Waals surface area contributed by atoms with Crippen LogP contribution in [0.2, 0.25) is 0 Å². The van der Waals surface area contributed by atoms with Crippen LogP contribution in [-0.2, 0) is 20.9 Å². The highest BCUT2D eigenvalue weighted by molar-refractivity contribution is 7.73. The first kappa shape index (κ1) is 18.8. The van der Waals surface area contributed by atoms with Crippen molar-refractivity contribution in [2.45, 2.75) is 6.54 Å². The molecule has 0 bridgehead atoms. The molecule has 1 aromatic carbocycles. The molecule has 0 spiro atoms. The molecule has 0 aliphatic carbocycles. The number of carbonyl (C=O) groups is 2. The third-order valence-corrected chi connectivity index (χ3v) is 5.21. The number of benzene rings is 1. The van der Waals surface area contributed by atoms with Crippen molar-refractivity contribution in [3.05, 3.63) is 32.6 Å². The molecular formula is C17H14N2O6S2. The Morgan fingerprint density at radius 1 is 1.37 bits per heavy atom. The number of carboxylic acid groups (broad SMARTS) is 1. The Balaban J connectivity index is 2.16. The van der Waals surface area contributed by atoms with E-state index in [0.29, 0.717) is 27.5 Å². The molecule has 1 aliphatic heterocycles. The zero-order valence-corrected chi connectivity index (χ0v) is 15.9. The molecule has 2 heterocycles. The second-order valence-corrected chi connectivity index (χ2v) is 7.10. The number of hydrogen-bond acceptors (Lipinski definition) is 8. The second-order valence-electron chi connectivity index (χ2n) is 5.43. The highest BCUT2D eigenvalue weighted by atomic mass is 32.1. The van der Waals surface area contributed by atoms with Crippen LogP contribution in [0, 0.1) is 3.95 Å². The Kier molecular flexibility index (Phi) is 5.10. The van der Waals surface area contributed by atoms with Crippen molar-refractivity contribution >= 4 is 58.5 Å². The molecule has 0 unspecified atom stereocenters. The minimum atomic E-state index is -1.13. The van der Waals surface area contributed by atoms with Crippen LogP contribution >= 0.6 is 23.6 Å². The van der Waals surface area contributed by atoms with Gasteiger partial charge in [-0.2, -0.15) is 0 Å². The molecule has 0 fully saturated rings. The van der Waals surface area contributed by atoms with Gasteiger partial charge in [0.05, 0.1) is 24.8 Å². The summed E-state index contributed by atoms with van der Waals surface area (Å²) in [6.07, 6.45) is 1.54. The summed E-state index contributed by atoms with van der Waals surface area (Å²) in [6.45, 7) is -0.466. The average molecular weight is 406 g/mol. The van der Waals surface area contributed by atoms with Gasteiger partial charge in [0, 0.05) is 11.1 Å². The van der Waals surface area contributed by atoms with Gasteiger partial charge in [-0.15, -0.1) is 11.3 Å². The lowest BCUT2D eigenvalue weighted by atomic mass is 10.0. The molecule has 10 heteroatoms. The first-order chi connectivity index (χ1) is 12.8. The molecule has 0 atom stereocenters. The maximum Gasteiger partial charge on any atom is 0.357 e. The Hall–Kier alpha value is -2.98. The predicted molar refractivity (Wildman–Crippen MR) is 102 cm³/mol. The van der Waals surface area contributed by atoms with Gasteiger partial charge in [0.25, 0.3) is 0 Å². The zero-order chi connectivity index (χ0) is 19.7. The number of methoxy groups -OCH3 is 2. The number of thiazole rings is 1. The summed E-state index contributed by atoms with van der Waals surface area (Å²) in [5.74, 6) is -1.49. The normalized spacial score (nSPS) is 14.0. The number of esters is 1. The van der Waals surface area contributed by atoms with Gasteiger partial charge < -0.3 is 19.7 Å². The lowest BCUT2D eigenvalue weighted by Gasteiger charge is -2.06. The molecule has 3 rings (SSSR count). The average Bonchev–Trinajstić information content (AvgIpc) is 3.13. The van der Waals surface area contributed by atoms with E-state index in [2.05, 4.69) is 4.99 Å². The van der Waals surface area contributed by atoms with Crippen molar-refractivity contribution in [2.24, 2.45) is 4.99 Å². The molecule has 0 amide bonds. The molecule has 140 valence electrons. The standard InChI is InChI=1S/C17H14N2O6S2/c1-24-8-3-4-11-9(5-8)10(14(18-11)16(23)25-2)6-12-15(22)19(7-13(20)21)17(26)27-12/h3-6,22H,7H2,1-2H3,(H,20,21). The van der Waals surface area contributed by atoms with E-state index < -0.39 is 18.5 Å². The fraction of sp³-hybridized carbons (Fsp3) is 0.176. The largest absolute Gasteiger partial charge is 0.497 e. The highest BCUT2D eigenvalue weighted by Crippen LogP contribution is 2.40. The minimum absolute atomic E-state index is 0.0734. The third-order valence-electron chi connectivity index (χ3n) is 3.82. The number of aliphatic carboxylic acids is 1. The van der Waals surface area contributed by atoms with E-state index in [4.69, 9.17) is 26.8 Å². The highest BCUT2D eigenvalue weighted by Gasteiger charge is 2.28. The number of carboxylic acids is 1. The number of rotatable bonds is 5. The molecule has 1 aliphatic rings. The SMILES string of the molecule is COC(=O)C1=Nc2ccc(OC)cc2C1=Cc1sc(=S)n(CC(=O)O)c1O. The quantitative estimate of drug-likeness (QED) is 0.580. The fourth-order valence-electron chi connectivity index (χ4n) is 2.58. The second kappa shape index (κ2) is 7.33. The Labute approximate surface area is 162 Å². The number of ether oxygens (including phenoxy) is 2. The van der Waals surface area contributed by atoms with Gasteiger partial charge in [0.1, 0.15) is 12.3 Å².